The highest BCUT2D eigenvalue weighted by atomic mass is 16.5. The first-order valence-electron chi connectivity index (χ1n) is 8.26. The Labute approximate surface area is 146 Å². The molecule has 25 heavy (non-hydrogen) atoms. The van der Waals surface area contributed by atoms with Gasteiger partial charge >= 0.3 is 0 Å². The summed E-state index contributed by atoms with van der Waals surface area (Å²) >= 11 is 0. The Morgan fingerprint density at radius 1 is 1.28 bits per heavy atom. The second kappa shape index (κ2) is 7.71. The van der Waals surface area contributed by atoms with E-state index in [1.165, 1.54) is 4.80 Å². The summed E-state index contributed by atoms with van der Waals surface area (Å²) in [6, 6.07) is 7.88. The highest BCUT2D eigenvalue weighted by molar-refractivity contribution is 5.76. The molecular formula is C17H23N5O3. The number of hydrogen-bond donors (Lipinski definition) is 0. The van der Waals surface area contributed by atoms with Crippen LogP contribution in [0.3, 0.4) is 0 Å². The van der Waals surface area contributed by atoms with E-state index >= 15 is 0 Å². The smallest absolute Gasteiger partial charge is 0.246 e. The Morgan fingerprint density at radius 2 is 2.04 bits per heavy atom. The summed E-state index contributed by atoms with van der Waals surface area (Å²) < 4.78 is 10.6. The van der Waals surface area contributed by atoms with Crippen molar-refractivity contribution in [2.45, 2.75) is 32.0 Å². The molecule has 2 atom stereocenters. The van der Waals surface area contributed by atoms with Crippen molar-refractivity contribution in [2.24, 2.45) is 0 Å². The van der Waals surface area contributed by atoms with Gasteiger partial charge in [-0.3, -0.25) is 4.79 Å². The Bertz CT molecular complexity index is 715. The summed E-state index contributed by atoms with van der Waals surface area (Å²) in [6.45, 7) is 3.12. The fraction of sp³-hybridized carbons (Fsp3) is 0.529. The lowest BCUT2D eigenvalue weighted by molar-refractivity contribution is -0.134. The number of likely N-dealkylation sites (tertiary alicyclic amines) is 1. The number of tetrazole rings is 1. The molecule has 1 amide bonds. The lowest BCUT2D eigenvalue weighted by Gasteiger charge is -2.23. The van der Waals surface area contributed by atoms with Gasteiger partial charge in [0, 0.05) is 26.3 Å². The molecule has 1 aliphatic heterocycles. The van der Waals surface area contributed by atoms with E-state index < -0.39 is 0 Å². The van der Waals surface area contributed by atoms with Crippen molar-refractivity contribution in [1.29, 1.82) is 0 Å². The Hall–Kier alpha value is -2.32. The average Bonchev–Trinajstić information content (AvgIpc) is 3.23. The molecule has 1 fully saturated rings. The minimum absolute atomic E-state index is 0.0162. The average molecular weight is 345 g/mol. The molecule has 1 saturated heterocycles. The highest BCUT2D eigenvalue weighted by Gasteiger charge is 2.35. The van der Waals surface area contributed by atoms with Crippen LogP contribution in [0.25, 0.3) is 11.4 Å². The van der Waals surface area contributed by atoms with Gasteiger partial charge in [-0.15, -0.1) is 10.2 Å². The molecule has 8 heteroatoms. The van der Waals surface area contributed by atoms with E-state index in [0.717, 1.165) is 17.5 Å². The first-order valence-corrected chi connectivity index (χ1v) is 8.26. The fourth-order valence-electron chi connectivity index (χ4n) is 3.04. The number of aryl methyl sites for hydroxylation is 1. The first kappa shape index (κ1) is 17.5. The number of ether oxygens (including phenoxy) is 2. The zero-order valence-electron chi connectivity index (χ0n) is 14.8. The molecule has 1 aromatic heterocycles. The predicted octanol–water partition coefficient (Wildman–Crippen LogP) is 0.911. The normalized spacial score (nSPS) is 20.2. The Morgan fingerprint density at radius 3 is 2.72 bits per heavy atom. The number of hydrogen-bond acceptors (Lipinski definition) is 6. The SMILES string of the molecule is COC[C@@H]1C[C@H](OC)CN1C(=O)Cn1nnc(-c2ccc(C)cc2)n1. The summed E-state index contributed by atoms with van der Waals surface area (Å²) in [4.78, 5) is 15.8. The highest BCUT2D eigenvalue weighted by Crippen LogP contribution is 2.21. The summed E-state index contributed by atoms with van der Waals surface area (Å²) in [6.07, 6.45) is 0.811. The maximum atomic E-state index is 12.6. The van der Waals surface area contributed by atoms with Gasteiger partial charge in [0.2, 0.25) is 11.7 Å². The second-order valence-corrected chi connectivity index (χ2v) is 6.26. The van der Waals surface area contributed by atoms with E-state index in [2.05, 4.69) is 15.4 Å². The molecule has 3 rings (SSSR count). The number of carbonyl (C=O) groups is 1. The minimum atomic E-state index is -0.0607. The van der Waals surface area contributed by atoms with Crippen LogP contribution in [0.1, 0.15) is 12.0 Å². The number of amides is 1. The van der Waals surface area contributed by atoms with Crippen molar-refractivity contribution >= 4 is 5.91 Å². The number of methoxy groups -OCH3 is 2. The van der Waals surface area contributed by atoms with Crippen molar-refractivity contribution in [1.82, 2.24) is 25.1 Å². The van der Waals surface area contributed by atoms with Crippen LogP contribution in [0.15, 0.2) is 24.3 Å². The maximum Gasteiger partial charge on any atom is 0.246 e. The molecule has 2 aromatic rings. The third kappa shape index (κ3) is 4.02. The van der Waals surface area contributed by atoms with E-state index in [1.807, 2.05) is 31.2 Å². The first-order chi connectivity index (χ1) is 12.1. The molecule has 0 N–H and O–H groups in total. The molecule has 1 aromatic carbocycles. The van der Waals surface area contributed by atoms with Crippen LogP contribution < -0.4 is 0 Å². The van der Waals surface area contributed by atoms with Crippen LogP contribution >= 0.6 is 0 Å². The monoisotopic (exact) mass is 345 g/mol. The van der Waals surface area contributed by atoms with Gasteiger partial charge in [0.1, 0.15) is 6.54 Å². The van der Waals surface area contributed by atoms with Gasteiger partial charge in [-0.2, -0.15) is 4.80 Å². The second-order valence-electron chi connectivity index (χ2n) is 6.26. The number of carbonyl (C=O) groups excluding carboxylic acids is 1. The van der Waals surface area contributed by atoms with E-state index in [-0.39, 0.29) is 24.6 Å². The number of benzene rings is 1. The number of nitrogens with zero attached hydrogens (tertiary/aromatic N) is 5. The molecule has 8 nitrogen and oxygen atoms in total. The van der Waals surface area contributed by atoms with Crippen LogP contribution in [-0.4, -0.2) is 70.5 Å². The van der Waals surface area contributed by atoms with Crippen LogP contribution in [0.2, 0.25) is 0 Å². The molecule has 0 saturated carbocycles. The van der Waals surface area contributed by atoms with Crippen molar-refractivity contribution < 1.29 is 14.3 Å². The van der Waals surface area contributed by atoms with Crippen molar-refractivity contribution in [3.8, 4) is 11.4 Å². The van der Waals surface area contributed by atoms with Crippen LogP contribution in [0, 0.1) is 6.92 Å². The summed E-state index contributed by atoms with van der Waals surface area (Å²) in [5, 5.41) is 12.4. The third-order valence-corrected chi connectivity index (χ3v) is 4.43. The third-order valence-electron chi connectivity index (χ3n) is 4.43. The van der Waals surface area contributed by atoms with Crippen LogP contribution in [0.5, 0.6) is 0 Å². The van der Waals surface area contributed by atoms with Gasteiger partial charge in [0.25, 0.3) is 0 Å². The van der Waals surface area contributed by atoms with E-state index in [9.17, 15) is 4.79 Å². The van der Waals surface area contributed by atoms with Gasteiger partial charge < -0.3 is 14.4 Å². The summed E-state index contributed by atoms with van der Waals surface area (Å²) in [5.74, 6) is 0.451. The lowest BCUT2D eigenvalue weighted by atomic mass is 10.1. The van der Waals surface area contributed by atoms with E-state index in [4.69, 9.17) is 9.47 Å². The number of rotatable bonds is 6. The van der Waals surface area contributed by atoms with Gasteiger partial charge in [-0.05, 0) is 18.6 Å². The largest absolute Gasteiger partial charge is 0.383 e. The van der Waals surface area contributed by atoms with Crippen molar-refractivity contribution in [3.05, 3.63) is 29.8 Å². The van der Waals surface area contributed by atoms with Crippen molar-refractivity contribution in [3.63, 3.8) is 0 Å². The predicted molar refractivity (Wildman–Crippen MR) is 90.8 cm³/mol. The fourth-order valence-corrected chi connectivity index (χ4v) is 3.04. The molecule has 134 valence electrons. The van der Waals surface area contributed by atoms with E-state index in [1.54, 1.807) is 19.1 Å². The zero-order valence-corrected chi connectivity index (χ0v) is 14.8. The Balaban J connectivity index is 1.67. The molecule has 0 unspecified atom stereocenters. The number of aromatic nitrogens is 4. The minimum Gasteiger partial charge on any atom is -0.383 e. The standard InChI is InChI=1S/C17H23N5O3/c1-12-4-6-13(7-5-12)17-18-20-22(19-17)10-16(23)21-9-15(25-3)8-14(21)11-24-2/h4-7,14-15H,8-11H2,1-3H3/t14-,15-/m0/s1. The molecule has 0 spiro atoms. The molecular weight excluding hydrogens is 322 g/mol. The van der Waals surface area contributed by atoms with E-state index in [0.29, 0.717) is 19.0 Å². The lowest BCUT2D eigenvalue weighted by Crippen LogP contribution is -2.40. The molecule has 2 heterocycles. The van der Waals surface area contributed by atoms with Crippen molar-refractivity contribution in [2.75, 3.05) is 27.4 Å². The zero-order chi connectivity index (χ0) is 17.8. The summed E-state index contributed by atoms with van der Waals surface area (Å²) in [5.41, 5.74) is 2.04. The van der Waals surface area contributed by atoms with Gasteiger partial charge in [-0.1, -0.05) is 29.8 Å². The van der Waals surface area contributed by atoms with Crippen LogP contribution in [-0.2, 0) is 20.8 Å². The topological polar surface area (TPSA) is 82.4 Å². The van der Waals surface area contributed by atoms with Gasteiger partial charge in [0.05, 0.1) is 18.8 Å². The summed E-state index contributed by atoms with van der Waals surface area (Å²) in [7, 11) is 3.30. The molecule has 0 aliphatic carbocycles. The van der Waals surface area contributed by atoms with Gasteiger partial charge in [0.15, 0.2) is 0 Å². The quantitative estimate of drug-likeness (QED) is 0.774. The molecule has 0 bridgehead atoms. The van der Waals surface area contributed by atoms with Crippen LogP contribution in [0.4, 0.5) is 0 Å². The molecule has 1 aliphatic rings. The molecule has 0 radical (unpaired) electrons. The maximum absolute atomic E-state index is 12.6. The van der Waals surface area contributed by atoms with Gasteiger partial charge in [-0.25, -0.2) is 0 Å². The Kier molecular flexibility index (Phi) is 5.40.